The van der Waals surface area contributed by atoms with Crippen molar-refractivity contribution in [3.63, 3.8) is 0 Å². The fourth-order valence-corrected chi connectivity index (χ4v) is 9.87. The molecule has 0 aromatic rings. The molecule has 0 saturated heterocycles. The third-order valence-electron chi connectivity index (χ3n) is 13.8. The van der Waals surface area contributed by atoms with E-state index in [0.717, 1.165) is 32.1 Å². The van der Waals surface area contributed by atoms with E-state index in [1.165, 1.54) is 19.3 Å². The van der Waals surface area contributed by atoms with Crippen LogP contribution < -0.4 is 37.2 Å². The van der Waals surface area contributed by atoms with E-state index in [4.69, 9.17) is 33.2 Å². The first-order valence-electron chi connectivity index (χ1n) is 39.4. The van der Waals surface area contributed by atoms with E-state index >= 15 is 0 Å². The molecule has 0 aromatic carbocycles. The summed E-state index contributed by atoms with van der Waals surface area (Å²) in [6.45, 7) is 77.5. The van der Waals surface area contributed by atoms with Gasteiger partial charge in [-0.3, -0.25) is 33.6 Å². The van der Waals surface area contributed by atoms with Gasteiger partial charge in [-0.15, -0.1) is 0 Å². The van der Waals surface area contributed by atoms with Crippen molar-refractivity contribution < 1.29 is 66.7 Å². The van der Waals surface area contributed by atoms with Crippen LogP contribution >= 0.6 is 0 Å². The van der Waals surface area contributed by atoms with E-state index in [1.54, 1.807) is 0 Å². The lowest BCUT2D eigenvalue weighted by Crippen LogP contribution is -2.46. The molecule has 1 saturated carbocycles. The average molecular weight is 1480 g/mol. The van der Waals surface area contributed by atoms with Gasteiger partial charge in [0.2, 0.25) is 0 Å². The maximum absolute atomic E-state index is 11.7. The molecule has 1 rings (SSSR count). The molecule has 21 nitrogen and oxygen atoms in total. The Hall–Kier alpha value is -3.99. The number of ether oxygens (including phenoxy) is 7. The Kier molecular flexibility index (Phi) is 69.9. The summed E-state index contributed by atoms with van der Waals surface area (Å²) < 4.78 is 36.6. The molecule has 0 bridgehead atoms. The van der Waals surface area contributed by atoms with Crippen molar-refractivity contribution in [3.8, 4) is 0 Å². The quantitative estimate of drug-likeness (QED) is 0.0225. The van der Waals surface area contributed by atoms with Crippen LogP contribution in [0.3, 0.4) is 0 Å². The number of rotatable bonds is 37. The van der Waals surface area contributed by atoms with Crippen LogP contribution in [0.2, 0.25) is 0 Å². The second kappa shape index (κ2) is 64.0. The maximum atomic E-state index is 11.7. The van der Waals surface area contributed by atoms with Gasteiger partial charge in [0.15, 0.2) is 0 Å². The van der Waals surface area contributed by atoms with Gasteiger partial charge in [0, 0.05) is 42.3 Å². The Morgan fingerprint density at radius 3 is 0.621 bits per heavy atom. The van der Waals surface area contributed by atoms with Crippen molar-refractivity contribution in [3.05, 3.63) is 0 Å². The molecule has 103 heavy (non-hydrogen) atoms. The van der Waals surface area contributed by atoms with Gasteiger partial charge in [-0.05, 0) is 170 Å². The van der Waals surface area contributed by atoms with Crippen LogP contribution in [0, 0.1) is 35.5 Å². The number of esters is 7. The van der Waals surface area contributed by atoms with Gasteiger partial charge in [0.05, 0.1) is 36.6 Å². The van der Waals surface area contributed by atoms with Crippen LogP contribution in [0.15, 0.2) is 0 Å². The van der Waals surface area contributed by atoms with E-state index < -0.39 is 0 Å². The van der Waals surface area contributed by atoms with Crippen LogP contribution in [-0.2, 0) is 66.7 Å². The highest BCUT2D eigenvalue weighted by molar-refractivity contribution is 5.78. The van der Waals surface area contributed by atoms with Crippen LogP contribution in [-0.4, -0.2) is 169 Å². The van der Waals surface area contributed by atoms with Gasteiger partial charge in [-0.2, -0.15) is 0 Å². The highest BCUT2D eigenvalue weighted by atomic mass is 16.6. The summed E-state index contributed by atoms with van der Waals surface area (Å²) in [5.41, 5.74) is 0. The first-order valence-corrected chi connectivity index (χ1v) is 39.4. The molecule has 0 aromatic heterocycles. The smallest absolute Gasteiger partial charge is 0.323 e. The molecule has 0 aliphatic heterocycles. The predicted molar refractivity (Wildman–Crippen MR) is 430 cm³/mol. The Morgan fingerprint density at radius 2 is 0.456 bits per heavy atom. The number of nitrogens with one attached hydrogen (secondary N) is 7. The van der Waals surface area contributed by atoms with Crippen molar-refractivity contribution in [1.82, 2.24) is 37.2 Å². The standard InChI is InChI=1S/C12H23NO2.3C12H25NO2.3C11H23NO2.CH4/c1-9(2)13-10(3)12(14)15-11-7-5-4-6-8-11;3*1-8(2)7-11(13-9(3)4)12(14)15-10(5)6;3*1-7(2)10(12-8(3)4)11(13)14-9(5)6;/h9-11,13H,4-8H2,1-3H3;3*8-11,13H,7H2,1-6H3;3*7-10,12H,1-6H3;1H4/t10-;2*11-;;2*10-;;/m010.10../s1. The summed E-state index contributed by atoms with van der Waals surface area (Å²) in [5, 5.41) is 22.5. The average Bonchev–Trinajstić information content (AvgIpc) is 0.963. The summed E-state index contributed by atoms with van der Waals surface area (Å²) >= 11 is 0. The third-order valence-corrected chi connectivity index (χ3v) is 13.8. The van der Waals surface area contributed by atoms with Crippen molar-refractivity contribution in [1.29, 1.82) is 0 Å². The minimum Gasteiger partial charge on any atom is -0.462 e. The molecule has 0 radical (unpaired) electrons. The molecule has 2 unspecified atom stereocenters. The lowest BCUT2D eigenvalue weighted by atomic mass is 9.98. The zero-order chi connectivity index (χ0) is 81.2. The number of hydrogen-bond donors (Lipinski definition) is 7. The fourth-order valence-electron chi connectivity index (χ4n) is 9.87. The number of hydrogen-bond acceptors (Lipinski definition) is 21. The SMILES string of the molecule is C.CC(C)CC(NC(C)C)C(=O)OC(C)C.CC(C)C[C@@H](NC(C)C)C(=O)OC(C)C.CC(C)C[C@H](NC(C)C)C(=O)OC(C)C.CC(C)NC(C(=O)OC(C)C)C(C)C.CC(C)N[C@@H](C(=O)OC(C)C)C(C)C.CC(C)N[C@@H](C)C(=O)OC1CCCCC1.CC(C)N[C@H](C(=O)OC(C)C)C(C)C. The van der Waals surface area contributed by atoms with Crippen LogP contribution in [0.5, 0.6) is 0 Å². The van der Waals surface area contributed by atoms with Gasteiger partial charge in [-0.1, -0.05) is 194 Å². The summed E-state index contributed by atoms with van der Waals surface area (Å²) in [7, 11) is 0. The molecule has 1 aliphatic carbocycles. The van der Waals surface area contributed by atoms with Gasteiger partial charge in [-0.25, -0.2) is 0 Å². The Morgan fingerprint density at radius 1 is 0.262 bits per heavy atom. The van der Waals surface area contributed by atoms with Crippen molar-refractivity contribution in [2.45, 2.75) is 456 Å². The Balaban J connectivity index is -0.000000208. The van der Waals surface area contributed by atoms with Crippen LogP contribution in [0.25, 0.3) is 0 Å². The van der Waals surface area contributed by atoms with E-state index in [-0.39, 0.29) is 152 Å². The van der Waals surface area contributed by atoms with Crippen molar-refractivity contribution in [2.24, 2.45) is 35.5 Å². The topological polar surface area (TPSA) is 268 Å². The molecule has 7 atom stereocenters. The summed E-state index contributed by atoms with van der Waals surface area (Å²) in [5.74, 6) is 1.28. The molecule has 7 N–H and O–H groups in total. The largest absolute Gasteiger partial charge is 0.462 e. The highest BCUT2D eigenvalue weighted by Crippen LogP contribution is 2.21. The summed E-state index contributed by atoms with van der Waals surface area (Å²) in [6.07, 6.45) is 8.15. The van der Waals surface area contributed by atoms with E-state index in [0.29, 0.717) is 60.0 Å². The lowest BCUT2D eigenvalue weighted by molar-refractivity contribution is -0.153. The maximum Gasteiger partial charge on any atom is 0.323 e. The second-order valence-corrected chi connectivity index (χ2v) is 33.3. The molecule has 0 heterocycles. The molecule has 0 spiro atoms. The molecule has 0 amide bonds. The highest BCUT2D eigenvalue weighted by Gasteiger charge is 2.29. The molecule has 1 aliphatic rings. The fraction of sp³-hybridized carbons (Fsp3) is 0.915. The van der Waals surface area contributed by atoms with Crippen LogP contribution in [0.1, 0.15) is 329 Å². The predicted octanol–water partition coefficient (Wildman–Crippen LogP) is 15.8. The first kappa shape index (κ1) is 112. The summed E-state index contributed by atoms with van der Waals surface area (Å²) in [4.78, 5) is 81.8. The van der Waals surface area contributed by atoms with Gasteiger partial charge >= 0.3 is 41.8 Å². The Bertz CT molecular complexity index is 1880. The minimum atomic E-state index is -0.197. The number of carbonyl (C=O) groups excluding carboxylic acids is 7. The number of carbonyl (C=O) groups is 7. The van der Waals surface area contributed by atoms with Gasteiger partial charge in [0.1, 0.15) is 48.4 Å². The zero-order valence-electron chi connectivity index (χ0n) is 73.0. The molecular formula is C82H171N7O14. The summed E-state index contributed by atoms with van der Waals surface area (Å²) in [6, 6.07) is 0.798. The van der Waals surface area contributed by atoms with Gasteiger partial charge in [0.25, 0.3) is 0 Å². The van der Waals surface area contributed by atoms with E-state index in [9.17, 15) is 33.6 Å². The molecular weight excluding hydrogens is 1310 g/mol. The monoisotopic (exact) mass is 1480 g/mol. The van der Waals surface area contributed by atoms with Crippen LogP contribution in [0.4, 0.5) is 0 Å². The zero-order valence-corrected chi connectivity index (χ0v) is 73.0. The lowest BCUT2D eigenvalue weighted by Gasteiger charge is -2.24. The molecule has 618 valence electrons. The Labute approximate surface area is 634 Å². The van der Waals surface area contributed by atoms with Gasteiger partial charge < -0.3 is 70.4 Å². The van der Waals surface area contributed by atoms with Crippen molar-refractivity contribution in [2.75, 3.05) is 0 Å². The second-order valence-electron chi connectivity index (χ2n) is 33.3. The minimum absolute atomic E-state index is 0. The molecule has 1 fully saturated rings. The van der Waals surface area contributed by atoms with E-state index in [1.807, 2.05) is 228 Å². The normalized spacial score (nSPS) is 14.5. The first-order chi connectivity index (χ1) is 46.6. The molecule has 21 heteroatoms. The third kappa shape index (κ3) is 72.0. The van der Waals surface area contributed by atoms with Crippen molar-refractivity contribution >= 4 is 41.8 Å². The van der Waals surface area contributed by atoms with E-state index in [2.05, 4.69) is 78.8 Å².